The lowest BCUT2D eigenvalue weighted by Gasteiger charge is -2.44. The van der Waals surface area contributed by atoms with Gasteiger partial charge in [0.2, 0.25) is 0 Å². The van der Waals surface area contributed by atoms with Gasteiger partial charge < -0.3 is 9.64 Å². The molecule has 25 heavy (non-hydrogen) atoms. The SMILES string of the molecule is CCN1C[C@H](c2ccccc2)N(C(=O)C(=O)OCC(F)(F)F)C[C@H]1C. The Labute approximate surface area is 144 Å². The molecule has 8 heteroatoms. The van der Waals surface area contributed by atoms with Crippen LogP contribution in [-0.2, 0) is 14.3 Å². The fourth-order valence-electron chi connectivity index (χ4n) is 2.98. The molecule has 2 atom stereocenters. The molecule has 0 unspecified atom stereocenters. The number of carbonyl (C=O) groups is 2. The van der Waals surface area contributed by atoms with Gasteiger partial charge in [-0.1, -0.05) is 37.3 Å². The third-order valence-electron chi connectivity index (χ3n) is 4.26. The molecule has 0 bridgehead atoms. The second-order valence-electron chi connectivity index (χ2n) is 6.01. The van der Waals surface area contributed by atoms with Crippen molar-refractivity contribution in [2.45, 2.75) is 32.1 Å². The number of nitrogens with zero attached hydrogens (tertiary/aromatic N) is 2. The monoisotopic (exact) mass is 358 g/mol. The summed E-state index contributed by atoms with van der Waals surface area (Å²) in [6.45, 7) is 3.65. The highest BCUT2D eigenvalue weighted by Crippen LogP contribution is 2.28. The molecule has 0 aliphatic carbocycles. The lowest BCUT2D eigenvalue weighted by molar-refractivity contribution is -0.190. The Hall–Kier alpha value is -2.09. The number of hydrogen-bond donors (Lipinski definition) is 0. The molecule has 0 radical (unpaired) electrons. The van der Waals surface area contributed by atoms with Crippen molar-refractivity contribution in [1.82, 2.24) is 9.80 Å². The van der Waals surface area contributed by atoms with Crippen molar-refractivity contribution in [3.05, 3.63) is 35.9 Å². The number of alkyl halides is 3. The number of ether oxygens (including phenoxy) is 1. The van der Waals surface area contributed by atoms with Crippen LogP contribution in [-0.4, -0.2) is 60.1 Å². The normalized spacial score (nSPS) is 21.9. The van der Waals surface area contributed by atoms with Gasteiger partial charge in [0.05, 0.1) is 6.04 Å². The van der Waals surface area contributed by atoms with Crippen LogP contribution in [0.5, 0.6) is 0 Å². The largest absolute Gasteiger partial charge is 0.449 e. The molecule has 1 saturated heterocycles. The van der Waals surface area contributed by atoms with Gasteiger partial charge in [-0.15, -0.1) is 0 Å². The molecule has 0 N–H and O–H groups in total. The molecular formula is C17H21F3N2O3. The fourth-order valence-corrected chi connectivity index (χ4v) is 2.98. The van der Waals surface area contributed by atoms with Crippen molar-refractivity contribution in [2.75, 3.05) is 26.2 Å². The quantitative estimate of drug-likeness (QED) is 0.615. The van der Waals surface area contributed by atoms with Crippen LogP contribution in [0.15, 0.2) is 30.3 Å². The molecule has 1 aliphatic rings. The first-order valence-corrected chi connectivity index (χ1v) is 8.06. The predicted molar refractivity (Wildman–Crippen MR) is 84.6 cm³/mol. The van der Waals surface area contributed by atoms with E-state index < -0.39 is 30.7 Å². The van der Waals surface area contributed by atoms with Crippen molar-refractivity contribution in [2.24, 2.45) is 0 Å². The summed E-state index contributed by atoms with van der Waals surface area (Å²) >= 11 is 0. The summed E-state index contributed by atoms with van der Waals surface area (Å²) in [7, 11) is 0. The second-order valence-corrected chi connectivity index (χ2v) is 6.01. The maximum Gasteiger partial charge on any atom is 0.422 e. The average molecular weight is 358 g/mol. The third kappa shape index (κ3) is 4.94. The third-order valence-corrected chi connectivity index (χ3v) is 4.26. The lowest BCUT2D eigenvalue weighted by atomic mass is 9.99. The van der Waals surface area contributed by atoms with E-state index in [1.807, 2.05) is 44.2 Å². The molecule has 0 spiro atoms. The van der Waals surface area contributed by atoms with Crippen LogP contribution in [0.1, 0.15) is 25.5 Å². The molecule has 1 heterocycles. The molecule has 0 aromatic heterocycles. The number of halogens is 3. The van der Waals surface area contributed by atoms with Crippen molar-refractivity contribution in [3.63, 3.8) is 0 Å². The van der Waals surface area contributed by atoms with Gasteiger partial charge in [0.25, 0.3) is 0 Å². The summed E-state index contributed by atoms with van der Waals surface area (Å²) in [4.78, 5) is 27.7. The molecule has 1 fully saturated rings. The van der Waals surface area contributed by atoms with Crippen LogP contribution in [0, 0.1) is 0 Å². The highest BCUT2D eigenvalue weighted by Gasteiger charge is 2.39. The molecule has 2 rings (SSSR count). The molecule has 0 saturated carbocycles. The zero-order valence-corrected chi connectivity index (χ0v) is 14.1. The minimum Gasteiger partial charge on any atom is -0.449 e. The van der Waals surface area contributed by atoms with Gasteiger partial charge in [-0.05, 0) is 19.0 Å². The minimum atomic E-state index is -4.66. The Morgan fingerprint density at radius 3 is 2.40 bits per heavy atom. The van der Waals surface area contributed by atoms with E-state index in [1.165, 1.54) is 4.90 Å². The first-order chi connectivity index (χ1) is 11.7. The van der Waals surface area contributed by atoms with Crippen LogP contribution >= 0.6 is 0 Å². The Kier molecular flexibility index (Phi) is 6.05. The highest BCUT2D eigenvalue weighted by molar-refractivity contribution is 6.32. The van der Waals surface area contributed by atoms with Crippen molar-refractivity contribution >= 4 is 11.9 Å². The zero-order chi connectivity index (χ0) is 18.6. The van der Waals surface area contributed by atoms with Gasteiger partial charge in [-0.25, -0.2) is 4.79 Å². The summed E-state index contributed by atoms with van der Waals surface area (Å²) in [6.07, 6.45) is -4.66. The van der Waals surface area contributed by atoms with E-state index in [4.69, 9.17) is 0 Å². The summed E-state index contributed by atoms with van der Waals surface area (Å²) in [5.74, 6) is -2.52. The molecule has 5 nitrogen and oxygen atoms in total. The predicted octanol–water partition coefficient (Wildman–Crippen LogP) is 2.39. The van der Waals surface area contributed by atoms with Crippen molar-refractivity contribution in [1.29, 1.82) is 0 Å². The van der Waals surface area contributed by atoms with E-state index in [9.17, 15) is 22.8 Å². The molecule has 1 amide bonds. The Morgan fingerprint density at radius 2 is 1.84 bits per heavy atom. The van der Waals surface area contributed by atoms with Gasteiger partial charge >= 0.3 is 18.1 Å². The summed E-state index contributed by atoms with van der Waals surface area (Å²) < 4.78 is 40.8. The topological polar surface area (TPSA) is 49.9 Å². The van der Waals surface area contributed by atoms with Crippen LogP contribution in [0.4, 0.5) is 13.2 Å². The molecule has 1 aromatic carbocycles. The second kappa shape index (κ2) is 7.86. The van der Waals surface area contributed by atoms with Gasteiger partial charge in [0.1, 0.15) is 0 Å². The summed E-state index contributed by atoms with van der Waals surface area (Å²) in [5.41, 5.74) is 0.824. The number of amides is 1. The number of benzene rings is 1. The van der Waals surface area contributed by atoms with Crippen molar-refractivity contribution in [3.8, 4) is 0 Å². The number of carbonyl (C=O) groups excluding carboxylic acids is 2. The number of piperazine rings is 1. The fraction of sp³-hybridized carbons (Fsp3) is 0.529. The van der Waals surface area contributed by atoms with E-state index in [0.717, 1.165) is 12.1 Å². The summed E-state index contributed by atoms with van der Waals surface area (Å²) in [6, 6.07) is 8.69. The first kappa shape index (κ1) is 19.2. The standard InChI is InChI=1S/C17H21F3N2O3/c1-3-21-10-14(13-7-5-4-6-8-13)22(9-12(21)2)15(23)16(24)25-11-17(18,19)20/h4-8,12,14H,3,9-11H2,1-2H3/t12-,14-/m1/s1. The molecule has 1 aromatic rings. The zero-order valence-electron chi connectivity index (χ0n) is 14.1. The van der Waals surface area contributed by atoms with E-state index >= 15 is 0 Å². The van der Waals surface area contributed by atoms with E-state index in [1.54, 1.807) is 0 Å². The number of likely N-dealkylation sites (N-methyl/N-ethyl adjacent to an activating group) is 1. The van der Waals surface area contributed by atoms with E-state index in [0.29, 0.717) is 6.54 Å². The van der Waals surface area contributed by atoms with E-state index in [-0.39, 0.29) is 12.6 Å². The van der Waals surface area contributed by atoms with Gasteiger partial charge in [0, 0.05) is 19.1 Å². The average Bonchev–Trinajstić information content (AvgIpc) is 2.58. The molecular weight excluding hydrogens is 337 g/mol. The van der Waals surface area contributed by atoms with Gasteiger partial charge in [0.15, 0.2) is 6.61 Å². The van der Waals surface area contributed by atoms with Gasteiger partial charge in [-0.2, -0.15) is 13.2 Å². The maximum absolute atomic E-state index is 12.4. The van der Waals surface area contributed by atoms with Crippen molar-refractivity contribution < 1.29 is 27.5 Å². The van der Waals surface area contributed by atoms with Gasteiger partial charge in [-0.3, -0.25) is 9.69 Å². The minimum absolute atomic E-state index is 0.00988. The first-order valence-electron chi connectivity index (χ1n) is 8.06. The van der Waals surface area contributed by atoms with Crippen LogP contribution in [0.2, 0.25) is 0 Å². The Morgan fingerprint density at radius 1 is 1.20 bits per heavy atom. The van der Waals surface area contributed by atoms with E-state index in [2.05, 4.69) is 9.64 Å². The number of hydrogen-bond acceptors (Lipinski definition) is 4. The highest BCUT2D eigenvalue weighted by atomic mass is 19.4. The number of rotatable bonds is 3. The Bertz CT molecular complexity index is 607. The Balaban J connectivity index is 2.19. The van der Waals surface area contributed by atoms with Crippen LogP contribution in [0.25, 0.3) is 0 Å². The smallest absolute Gasteiger partial charge is 0.422 e. The number of esters is 1. The molecule has 1 aliphatic heterocycles. The maximum atomic E-state index is 12.4. The van der Waals surface area contributed by atoms with Crippen LogP contribution < -0.4 is 0 Å². The summed E-state index contributed by atoms with van der Waals surface area (Å²) in [5, 5.41) is 0. The van der Waals surface area contributed by atoms with Crippen LogP contribution in [0.3, 0.4) is 0 Å². The lowest BCUT2D eigenvalue weighted by Crippen LogP contribution is -2.56. The molecule has 138 valence electrons.